The van der Waals surface area contributed by atoms with Crippen molar-refractivity contribution in [1.82, 2.24) is 0 Å². The molecule has 4 heteroatoms. The molecule has 0 aliphatic heterocycles. The Labute approximate surface area is 126 Å². The van der Waals surface area contributed by atoms with Gasteiger partial charge in [0.15, 0.2) is 0 Å². The zero-order chi connectivity index (χ0) is 14.0. The van der Waals surface area contributed by atoms with E-state index in [-0.39, 0.29) is 0 Å². The second-order valence-corrected chi connectivity index (χ2v) is 5.50. The zero-order valence-corrected chi connectivity index (χ0v) is 13.0. The van der Waals surface area contributed by atoms with Gasteiger partial charge in [-0.25, -0.2) is 0 Å². The van der Waals surface area contributed by atoms with E-state index in [1.54, 1.807) is 7.11 Å². The number of halogens is 2. The van der Waals surface area contributed by atoms with Crippen LogP contribution in [-0.4, -0.2) is 12.2 Å². The first kappa shape index (κ1) is 14.4. The van der Waals surface area contributed by atoms with Gasteiger partial charge in [-0.1, -0.05) is 29.8 Å². The van der Waals surface area contributed by atoms with E-state index >= 15 is 0 Å². The fourth-order valence-corrected chi connectivity index (χ4v) is 2.59. The highest BCUT2D eigenvalue weighted by atomic mass is 79.9. The molecular weight excluding hydrogens is 328 g/mol. The maximum absolute atomic E-state index is 10.5. The van der Waals surface area contributed by atoms with E-state index in [1.807, 2.05) is 43.3 Å². The van der Waals surface area contributed by atoms with Crippen molar-refractivity contribution >= 4 is 27.5 Å². The van der Waals surface area contributed by atoms with Gasteiger partial charge in [-0.3, -0.25) is 0 Å². The van der Waals surface area contributed by atoms with Crippen LogP contribution in [0.5, 0.6) is 5.75 Å². The highest BCUT2D eigenvalue weighted by Crippen LogP contribution is 2.35. The Hall–Kier alpha value is -1.03. The van der Waals surface area contributed by atoms with Gasteiger partial charge < -0.3 is 9.84 Å². The van der Waals surface area contributed by atoms with Crippen molar-refractivity contribution in [2.45, 2.75) is 13.0 Å². The topological polar surface area (TPSA) is 29.5 Å². The summed E-state index contributed by atoms with van der Waals surface area (Å²) < 4.78 is 5.94. The number of hydrogen-bond donors (Lipinski definition) is 1. The monoisotopic (exact) mass is 340 g/mol. The SMILES string of the molecule is COc1ccc(C(O)c2cccc(Br)c2Cl)c(C)c1. The summed E-state index contributed by atoms with van der Waals surface area (Å²) in [6.07, 6.45) is -0.754. The van der Waals surface area contributed by atoms with Gasteiger partial charge in [0, 0.05) is 10.0 Å². The average Bonchev–Trinajstić information content (AvgIpc) is 2.41. The first-order valence-electron chi connectivity index (χ1n) is 5.81. The molecule has 2 rings (SSSR count). The van der Waals surface area contributed by atoms with Crippen molar-refractivity contribution in [2.24, 2.45) is 0 Å². The fourth-order valence-electron chi connectivity index (χ4n) is 1.98. The molecule has 19 heavy (non-hydrogen) atoms. The molecule has 2 aromatic rings. The minimum Gasteiger partial charge on any atom is -0.497 e. The first-order chi connectivity index (χ1) is 9.04. The van der Waals surface area contributed by atoms with Crippen LogP contribution in [0.1, 0.15) is 22.8 Å². The van der Waals surface area contributed by atoms with Gasteiger partial charge in [0.25, 0.3) is 0 Å². The molecule has 0 heterocycles. The van der Waals surface area contributed by atoms with E-state index in [9.17, 15) is 5.11 Å². The maximum Gasteiger partial charge on any atom is 0.119 e. The summed E-state index contributed by atoms with van der Waals surface area (Å²) in [5.41, 5.74) is 2.47. The van der Waals surface area contributed by atoms with Crippen molar-refractivity contribution in [3.8, 4) is 5.75 Å². The van der Waals surface area contributed by atoms with Crippen LogP contribution in [0, 0.1) is 6.92 Å². The lowest BCUT2D eigenvalue weighted by Crippen LogP contribution is -2.03. The van der Waals surface area contributed by atoms with Crippen LogP contribution in [0.3, 0.4) is 0 Å². The van der Waals surface area contributed by atoms with Crippen LogP contribution in [0.2, 0.25) is 5.02 Å². The Kier molecular flexibility index (Phi) is 4.50. The lowest BCUT2D eigenvalue weighted by atomic mass is 9.97. The van der Waals surface area contributed by atoms with Crippen LogP contribution in [0.15, 0.2) is 40.9 Å². The predicted octanol–water partition coefficient (Wildman–Crippen LogP) is 4.50. The van der Waals surface area contributed by atoms with Gasteiger partial charge in [0.1, 0.15) is 11.9 Å². The predicted molar refractivity (Wildman–Crippen MR) is 80.9 cm³/mol. The highest BCUT2D eigenvalue weighted by Gasteiger charge is 2.17. The third-order valence-electron chi connectivity index (χ3n) is 3.05. The molecule has 0 radical (unpaired) electrons. The number of hydrogen-bond acceptors (Lipinski definition) is 2. The number of aryl methyl sites for hydroxylation is 1. The summed E-state index contributed by atoms with van der Waals surface area (Å²) in [6, 6.07) is 11.1. The number of benzene rings is 2. The second kappa shape index (κ2) is 5.95. The fraction of sp³-hybridized carbons (Fsp3) is 0.200. The van der Waals surface area contributed by atoms with E-state index < -0.39 is 6.10 Å². The molecule has 2 aromatic carbocycles. The molecule has 0 fully saturated rings. The van der Waals surface area contributed by atoms with Crippen molar-refractivity contribution in [3.05, 3.63) is 62.6 Å². The van der Waals surface area contributed by atoms with Crippen molar-refractivity contribution in [2.75, 3.05) is 7.11 Å². The van der Waals surface area contributed by atoms with Gasteiger partial charge in [0.05, 0.1) is 12.1 Å². The Morgan fingerprint density at radius 1 is 1.21 bits per heavy atom. The minimum absolute atomic E-state index is 0.533. The van der Waals surface area contributed by atoms with Crippen molar-refractivity contribution < 1.29 is 9.84 Å². The zero-order valence-electron chi connectivity index (χ0n) is 10.7. The quantitative estimate of drug-likeness (QED) is 0.890. The van der Waals surface area contributed by atoms with Crippen LogP contribution >= 0.6 is 27.5 Å². The molecule has 0 saturated carbocycles. The van der Waals surface area contributed by atoms with E-state index in [4.69, 9.17) is 16.3 Å². The van der Waals surface area contributed by atoms with E-state index in [1.165, 1.54) is 0 Å². The smallest absolute Gasteiger partial charge is 0.119 e. The van der Waals surface area contributed by atoms with Gasteiger partial charge in [-0.05, 0) is 52.2 Å². The molecule has 0 spiro atoms. The van der Waals surface area contributed by atoms with Gasteiger partial charge in [0.2, 0.25) is 0 Å². The molecule has 2 nitrogen and oxygen atoms in total. The number of ether oxygens (including phenoxy) is 1. The summed E-state index contributed by atoms with van der Waals surface area (Å²) >= 11 is 9.58. The van der Waals surface area contributed by atoms with E-state index in [0.29, 0.717) is 10.6 Å². The molecule has 0 bridgehead atoms. The summed E-state index contributed by atoms with van der Waals surface area (Å²) in [7, 11) is 1.62. The third kappa shape index (κ3) is 2.94. The number of rotatable bonds is 3. The van der Waals surface area contributed by atoms with Crippen LogP contribution < -0.4 is 4.74 Å². The average molecular weight is 342 g/mol. The first-order valence-corrected chi connectivity index (χ1v) is 6.98. The Morgan fingerprint density at radius 3 is 2.58 bits per heavy atom. The summed E-state index contributed by atoms with van der Waals surface area (Å²) in [4.78, 5) is 0. The van der Waals surface area contributed by atoms with Crippen LogP contribution in [0.25, 0.3) is 0 Å². The van der Waals surface area contributed by atoms with Crippen LogP contribution in [0.4, 0.5) is 0 Å². The molecule has 0 aliphatic rings. The molecule has 100 valence electrons. The van der Waals surface area contributed by atoms with Gasteiger partial charge >= 0.3 is 0 Å². The summed E-state index contributed by atoms with van der Waals surface area (Å²) in [5, 5.41) is 11.0. The summed E-state index contributed by atoms with van der Waals surface area (Å²) in [5.74, 6) is 0.772. The van der Waals surface area contributed by atoms with Gasteiger partial charge in [-0.2, -0.15) is 0 Å². The minimum atomic E-state index is -0.754. The number of aliphatic hydroxyl groups is 1. The van der Waals surface area contributed by atoms with E-state index in [0.717, 1.165) is 21.3 Å². The molecule has 0 amide bonds. The molecular formula is C15H14BrClO2. The third-order valence-corrected chi connectivity index (χ3v) is 4.36. The van der Waals surface area contributed by atoms with E-state index in [2.05, 4.69) is 15.9 Å². The molecule has 0 aromatic heterocycles. The van der Waals surface area contributed by atoms with Crippen LogP contribution in [-0.2, 0) is 0 Å². The molecule has 1 atom stereocenters. The highest BCUT2D eigenvalue weighted by molar-refractivity contribution is 9.10. The Bertz CT molecular complexity index is 599. The summed E-state index contributed by atoms with van der Waals surface area (Å²) in [6.45, 7) is 1.94. The number of methoxy groups -OCH3 is 1. The van der Waals surface area contributed by atoms with Crippen molar-refractivity contribution in [1.29, 1.82) is 0 Å². The second-order valence-electron chi connectivity index (χ2n) is 4.27. The largest absolute Gasteiger partial charge is 0.497 e. The Morgan fingerprint density at radius 2 is 1.95 bits per heavy atom. The molecule has 0 aliphatic carbocycles. The lowest BCUT2D eigenvalue weighted by molar-refractivity contribution is 0.219. The molecule has 0 saturated heterocycles. The lowest BCUT2D eigenvalue weighted by Gasteiger charge is -2.17. The molecule has 1 N–H and O–H groups in total. The van der Waals surface area contributed by atoms with Crippen molar-refractivity contribution in [3.63, 3.8) is 0 Å². The standard InChI is InChI=1S/C15H14BrClO2/c1-9-8-10(19-2)6-7-11(9)15(18)12-4-3-5-13(16)14(12)17/h3-8,15,18H,1-2H3. The molecule has 1 unspecified atom stereocenters. The Balaban J connectivity index is 2.44. The van der Waals surface area contributed by atoms with Gasteiger partial charge in [-0.15, -0.1) is 0 Å². The number of aliphatic hydroxyl groups excluding tert-OH is 1. The normalized spacial score (nSPS) is 12.3. The maximum atomic E-state index is 10.5.